The van der Waals surface area contributed by atoms with Crippen LogP contribution in [0.4, 0.5) is 0 Å². The van der Waals surface area contributed by atoms with E-state index in [1.165, 1.54) is 7.11 Å². The Bertz CT molecular complexity index is 1250. The fraction of sp³-hybridized carbons (Fsp3) is 0.947. The normalized spacial score (nSPS) is 49.7. The van der Waals surface area contributed by atoms with E-state index in [4.69, 9.17) is 42.9 Å². The number of methoxy groups -OCH3 is 2. The molecule has 52 heavy (non-hydrogen) atoms. The fourth-order valence-electron chi connectivity index (χ4n) is 8.78. The summed E-state index contributed by atoms with van der Waals surface area (Å²) in [5, 5.41) is 34.5. The average Bonchev–Trinajstić information content (AvgIpc) is 3.48. The van der Waals surface area contributed by atoms with Gasteiger partial charge in [0.05, 0.1) is 47.6 Å². The first kappa shape index (κ1) is 41.7. The van der Waals surface area contributed by atoms with Crippen LogP contribution in [0.3, 0.4) is 0 Å². The molecule has 2 bridgehead atoms. The van der Waals surface area contributed by atoms with Crippen LogP contribution in [-0.4, -0.2) is 150 Å². The van der Waals surface area contributed by atoms with Crippen LogP contribution in [0.5, 0.6) is 0 Å². The third kappa shape index (κ3) is 8.36. The molecule has 0 radical (unpaired) electrons. The zero-order valence-corrected chi connectivity index (χ0v) is 33.2. The molecule has 14 nitrogen and oxygen atoms in total. The summed E-state index contributed by atoms with van der Waals surface area (Å²) in [7, 11) is 3.15. The van der Waals surface area contributed by atoms with Crippen molar-refractivity contribution in [3.63, 3.8) is 0 Å². The van der Waals surface area contributed by atoms with Crippen LogP contribution in [0.1, 0.15) is 101 Å². The van der Waals surface area contributed by atoms with Gasteiger partial charge in [-0.25, -0.2) is 4.99 Å². The number of rotatable bonds is 8. The number of hydrogen-bond acceptors (Lipinski definition) is 14. The lowest BCUT2D eigenvalue weighted by molar-refractivity contribution is -0.310. The van der Waals surface area contributed by atoms with Gasteiger partial charge in [0.1, 0.15) is 23.9 Å². The molecule has 5 aliphatic rings. The number of ether oxygens (including phenoxy) is 8. The van der Waals surface area contributed by atoms with Gasteiger partial charge in [0.2, 0.25) is 0 Å². The Balaban J connectivity index is 1.55. The largest absolute Gasteiger partial charge is 0.472 e. The summed E-state index contributed by atoms with van der Waals surface area (Å²) in [6.07, 6.45) is -4.96. The summed E-state index contributed by atoms with van der Waals surface area (Å²) in [6.45, 7) is 18.4. The highest BCUT2D eigenvalue weighted by molar-refractivity contribution is 5.80. The van der Waals surface area contributed by atoms with E-state index in [9.17, 15) is 20.1 Å². The first-order chi connectivity index (χ1) is 24.4. The lowest BCUT2D eigenvalue weighted by atomic mass is 9.82. The molecular weight excluding hydrogens is 676 g/mol. The van der Waals surface area contributed by atoms with Crippen LogP contribution in [0.2, 0.25) is 0 Å². The number of nitrogens with zero attached hydrogens (tertiary/aromatic N) is 2. The summed E-state index contributed by atoms with van der Waals surface area (Å²) < 4.78 is 50.7. The Morgan fingerprint density at radius 2 is 1.60 bits per heavy atom. The van der Waals surface area contributed by atoms with Gasteiger partial charge in [0.25, 0.3) is 0 Å². The second kappa shape index (κ2) is 16.3. The van der Waals surface area contributed by atoms with E-state index >= 15 is 0 Å². The van der Waals surface area contributed by atoms with E-state index in [0.717, 1.165) is 19.5 Å². The van der Waals surface area contributed by atoms with Gasteiger partial charge in [-0.2, -0.15) is 0 Å². The number of carbonyl (C=O) groups excluding carboxylic acids is 1. The van der Waals surface area contributed by atoms with Gasteiger partial charge in [-0.1, -0.05) is 13.8 Å². The first-order valence-electron chi connectivity index (χ1n) is 19.4. The highest BCUT2D eigenvalue weighted by Gasteiger charge is 2.53. The van der Waals surface area contributed by atoms with Crippen LogP contribution in [-0.2, 0) is 42.7 Å². The van der Waals surface area contributed by atoms with Crippen molar-refractivity contribution >= 4 is 11.9 Å². The van der Waals surface area contributed by atoms with Crippen molar-refractivity contribution in [2.24, 2.45) is 16.8 Å². The number of carbonyl (C=O) groups is 1. The maximum absolute atomic E-state index is 14.2. The summed E-state index contributed by atoms with van der Waals surface area (Å²) in [5.74, 6) is -1.25. The average molecular weight is 743 g/mol. The number of aliphatic hydroxyl groups is 3. The highest BCUT2D eigenvalue weighted by atomic mass is 16.7. The van der Waals surface area contributed by atoms with Crippen molar-refractivity contribution in [2.45, 2.75) is 191 Å². The van der Waals surface area contributed by atoms with Crippen LogP contribution in [0.15, 0.2) is 4.99 Å². The van der Waals surface area contributed by atoms with E-state index in [-0.39, 0.29) is 30.9 Å². The molecule has 4 fully saturated rings. The number of likely N-dealkylation sites (tertiary alicyclic amines) is 1. The number of fused-ring (bicyclic) bond motifs is 2. The monoisotopic (exact) mass is 742 g/mol. The number of cyclic esters (lactones) is 1. The van der Waals surface area contributed by atoms with Crippen LogP contribution in [0.25, 0.3) is 0 Å². The molecule has 5 heterocycles. The van der Waals surface area contributed by atoms with Gasteiger partial charge in [-0.05, 0) is 87.2 Å². The first-order valence-corrected chi connectivity index (χ1v) is 19.4. The van der Waals surface area contributed by atoms with Gasteiger partial charge < -0.3 is 53.2 Å². The number of esters is 1. The molecule has 0 saturated carbocycles. The fourth-order valence-corrected chi connectivity index (χ4v) is 8.78. The van der Waals surface area contributed by atoms with Gasteiger partial charge in [0, 0.05) is 39.0 Å². The highest BCUT2D eigenvalue weighted by Crippen LogP contribution is 2.41. The topological polar surface area (TPSA) is 167 Å². The molecule has 0 aromatic heterocycles. The second-order valence-corrected chi connectivity index (χ2v) is 16.7. The Labute approximate surface area is 309 Å². The summed E-state index contributed by atoms with van der Waals surface area (Å²) in [5.41, 5.74) is -3.56. The molecule has 3 N–H and O–H groups in total. The van der Waals surface area contributed by atoms with Gasteiger partial charge in [-0.15, -0.1) is 0 Å². The molecule has 0 aromatic rings. The third-order valence-corrected chi connectivity index (χ3v) is 12.6. The van der Waals surface area contributed by atoms with Crippen molar-refractivity contribution in [1.82, 2.24) is 4.90 Å². The predicted molar refractivity (Wildman–Crippen MR) is 191 cm³/mol. The SMILES string of the molecule is CC[C@H]1OC(=O)[C@H](C)[C@@H](O[C@H]2C[C@@](C)(OC)[C@@H](O)[C@H](C)O2)C[C@@H](O[C@@H]2O[C@H](C)C[C@H](N3CCC3)[C@H]2O)[C@](C)(OC)C[C@@H](C)C2=N[C@H](C)[C@@H](O2)[C@]1(C)O. The minimum atomic E-state index is -1.55. The lowest BCUT2D eigenvalue weighted by Crippen LogP contribution is -2.61. The second-order valence-electron chi connectivity index (χ2n) is 16.7. The molecule has 4 saturated heterocycles. The predicted octanol–water partition coefficient (Wildman–Crippen LogP) is 2.96. The van der Waals surface area contributed by atoms with E-state index in [0.29, 0.717) is 25.2 Å². The van der Waals surface area contributed by atoms with Gasteiger partial charge in [-0.3, -0.25) is 9.69 Å². The zero-order valence-electron chi connectivity index (χ0n) is 33.2. The molecule has 5 aliphatic heterocycles. The lowest BCUT2D eigenvalue weighted by Gasteiger charge is -2.49. The summed E-state index contributed by atoms with van der Waals surface area (Å²) in [4.78, 5) is 21.3. The molecule has 0 aliphatic carbocycles. The van der Waals surface area contributed by atoms with E-state index in [1.807, 2.05) is 34.6 Å². The van der Waals surface area contributed by atoms with Crippen molar-refractivity contribution in [3.05, 3.63) is 0 Å². The maximum Gasteiger partial charge on any atom is 0.311 e. The van der Waals surface area contributed by atoms with E-state index < -0.39 is 90.0 Å². The molecular formula is C38H66N2O12. The summed E-state index contributed by atoms with van der Waals surface area (Å²) in [6, 6.07) is -0.523. The maximum atomic E-state index is 14.2. The Morgan fingerprint density at radius 3 is 2.19 bits per heavy atom. The van der Waals surface area contributed by atoms with Crippen LogP contribution in [0, 0.1) is 11.8 Å². The third-order valence-electron chi connectivity index (χ3n) is 12.6. The molecule has 0 amide bonds. The molecule has 14 heteroatoms. The number of aliphatic imine (C=N–C) groups is 1. The molecule has 0 unspecified atom stereocenters. The Hall–Kier alpha value is -1.46. The van der Waals surface area contributed by atoms with Crippen molar-refractivity contribution < 1.29 is 58.0 Å². The van der Waals surface area contributed by atoms with Crippen molar-refractivity contribution in [1.29, 1.82) is 0 Å². The van der Waals surface area contributed by atoms with Gasteiger partial charge >= 0.3 is 5.97 Å². The smallest absolute Gasteiger partial charge is 0.311 e. The van der Waals surface area contributed by atoms with E-state index in [1.54, 1.807) is 34.8 Å². The molecule has 300 valence electrons. The van der Waals surface area contributed by atoms with Gasteiger partial charge in [0.15, 0.2) is 24.6 Å². The Morgan fingerprint density at radius 1 is 0.923 bits per heavy atom. The molecule has 5 rings (SSSR count). The molecule has 0 aromatic carbocycles. The number of hydrogen-bond donors (Lipinski definition) is 3. The van der Waals surface area contributed by atoms with Crippen molar-refractivity contribution in [3.8, 4) is 0 Å². The van der Waals surface area contributed by atoms with E-state index in [2.05, 4.69) is 4.90 Å². The number of aliphatic hydroxyl groups excluding tert-OH is 2. The Kier molecular flexibility index (Phi) is 13.1. The van der Waals surface area contributed by atoms with Crippen LogP contribution >= 0.6 is 0 Å². The summed E-state index contributed by atoms with van der Waals surface area (Å²) >= 11 is 0. The minimum Gasteiger partial charge on any atom is -0.472 e. The standard InChI is InChI=1S/C38H66N2O12/c1-12-27-38(9,44)32-23(5)39-33(52-32)20(2)18-36(7,45-10)28(51-35-30(41)25(16-21(3)47-35)40-14-13-15-40)17-26(22(4)34(43)50-27)49-29-19-37(8,46-11)31(42)24(6)48-29/h20-32,35,41-42,44H,12-19H2,1-11H3/t20-,21-,22-,23-,24+,25+,26+,27-,28-,29+,30-,31+,32-,35+,36-,37-,38-/m1/s1. The molecule has 0 spiro atoms. The van der Waals surface area contributed by atoms with Crippen LogP contribution < -0.4 is 0 Å². The molecule has 17 atom stereocenters. The van der Waals surface area contributed by atoms with Crippen molar-refractivity contribution in [2.75, 3.05) is 27.3 Å². The quantitative estimate of drug-likeness (QED) is 0.311. The minimum absolute atomic E-state index is 0.114. The zero-order chi connectivity index (χ0) is 38.3.